The Balaban J connectivity index is 2.00. The van der Waals surface area contributed by atoms with Crippen LogP contribution in [0.4, 0.5) is 5.82 Å². The van der Waals surface area contributed by atoms with Crippen molar-refractivity contribution in [3.8, 4) is 0 Å². The molecule has 1 aliphatic rings. The molecule has 0 spiro atoms. The SMILES string of the molecule is CNc1ncccc1COC1CC(C)CCC1C(C)C. The number of ether oxygens (including phenoxy) is 1. The number of nitrogens with one attached hydrogen (secondary N) is 1. The third-order valence-electron chi connectivity index (χ3n) is 4.54. The summed E-state index contributed by atoms with van der Waals surface area (Å²) in [7, 11) is 1.91. The first-order chi connectivity index (χ1) is 9.61. The van der Waals surface area contributed by atoms with Gasteiger partial charge in [0.1, 0.15) is 5.82 Å². The molecule has 0 radical (unpaired) electrons. The van der Waals surface area contributed by atoms with Gasteiger partial charge in [0.05, 0.1) is 12.7 Å². The van der Waals surface area contributed by atoms with Gasteiger partial charge in [0.25, 0.3) is 0 Å². The maximum absolute atomic E-state index is 6.28. The van der Waals surface area contributed by atoms with Crippen molar-refractivity contribution in [2.24, 2.45) is 17.8 Å². The lowest BCUT2D eigenvalue weighted by Gasteiger charge is -2.37. The van der Waals surface area contributed by atoms with Gasteiger partial charge in [-0.25, -0.2) is 4.98 Å². The van der Waals surface area contributed by atoms with Gasteiger partial charge in [-0.05, 0) is 36.7 Å². The largest absolute Gasteiger partial charge is 0.373 e. The van der Waals surface area contributed by atoms with Crippen LogP contribution in [0.15, 0.2) is 18.3 Å². The summed E-state index contributed by atoms with van der Waals surface area (Å²) < 4.78 is 6.28. The molecule has 0 aromatic carbocycles. The fourth-order valence-electron chi connectivity index (χ4n) is 3.28. The summed E-state index contributed by atoms with van der Waals surface area (Å²) in [6, 6.07) is 4.07. The first kappa shape index (κ1) is 15.3. The predicted octanol–water partition coefficient (Wildman–Crippen LogP) is 4.10. The second kappa shape index (κ2) is 7.07. The molecule has 0 amide bonds. The molecule has 2 rings (SSSR count). The minimum absolute atomic E-state index is 0.392. The predicted molar refractivity (Wildman–Crippen MR) is 83.7 cm³/mol. The highest BCUT2D eigenvalue weighted by molar-refractivity contribution is 5.42. The Hall–Kier alpha value is -1.09. The van der Waals surface area contributed by atoms with Crippen LogP contribution < -0.4 is 5.32 Å². The number of nitrogens with zero attached hydrogens (tertiary/aromatic N) is 1. The third kappa shape index (κ3) is 3.72. The van der Waals surface area contributed by atoms with Crippen LogP contribution in [-0.4, -0.2) is 18.1 Å². The highest BCUT2D eigenvalue weighted by Gasteiger charge is 2.31. The van der Waals surface area contributed by atoms with E-state index in [1.807, 2.05) is 19.3 Å². The molecule has 1 N–H and O–H groups in total. The Kier molecular flexibility index (Phi) is 5.41. The van der Waals surface area contributed by atoms with E-state index >= 15 is 0 Å². The maximum atomic E-state index is 6.28. The van der Waals surface area contributed by atoms with Gasteiger partial charge in [-0.3, -0.25) is 0 Å². The van der Waals surface area contributed by atoms with Crippen molar-refractivity contribution in [2.45, 2.75) is 52.7 Å². The molecule has 3 nitrogen and oxygen atoms in total. The molecule has 1 aromatic rings. The lowest BCUT2D eigenvalue weighted by molar-refractivity contribution is -0.0471. The number of aromatic nitrogens is 1. The maximum Gasteiger partial charge on any atom is 0.131 e. The number of anilines is 1. The van der Waals surface area contributed by atoms with Crippen LogP contribution in [0.25, 0.3) is 0 Å². The molecule has 0 bridgehead atoms. The van der Waals surface area contributed by atoms with Crippen LogP contribution in [0.1, 0.15) is 45.6 Å². The minimum Gasteiger partial charge on any atom is -0.373 e. The fourth-order valence-corrected chi connectivity index (χ4v) is 3.28. The standard InChI is InChI=1S/C17H28N2O/c1-12(2)15-8-7-13(3)10-16(15)20-11-14-6-5-9-19-17(14)18-4/h5-6,9,12-13,15-16H,7-8,10-11H2,1-4H3,(H,18,19). The monoisotopic (exact) mass is 276 g/mol. The van der Waals surface area contributed by atoms with Crippen LogP contribution in [0, 0.1) is 17.8 Å². The Bertz CT molecular complexity index is 419. The molecule has 1 aliphatic carbocycles. The van der Waals surface area contributed by atoms with Gasteiger partial charge >= 0.3 is 0 Å². The number of rotatable bonds is 5. The molecule has 1 fully saturated rings. The second-order valence-electron chi connectivity index (χ2n) is 6.44. The van der Waals surface area contributed by atoms with Gasteiger partial charge < -0.3 is 10.1 Å². The fraction of sp³-hybridized carbons (Fsp3) is 0.706. The molecule has 1 heterocycles. The van der Waals surface area contributed by atoms with E-state index in [2.05, 4.69) is 37.1 Å². The minimum atomic E-state index is 0.392. The molecule has 3 atom stereocenters. The zero-order chi connectivity index (χ0) is 14.5. The Morgan fingerprint density at radius 1 is 1.40 bits per heavy atom. The normalized spacial score (nSPS) is 26.8. The summed E-state index contributed by atoms with van der Waals surface area (Å²) >= 11 is 0. The summed E-state index contributed by atoms with van der Waals surface area (Å²) in [5.74, 6) is 3.11. The van der Waals surface area contributed by atoms with Crippen LogP contribution >= 0.6 is 0 Å². The zero-order valence-electron chi connectivity index (χ0n) is 13.2. The molecule has 1 aromatic heterocycles. The van der Waals surface area contributed by atoms with Crippen LogP contribution in [0.3, 0.4) is 0 Å². The van der Waals surface area contributed by atoms with Gasteiger partial charge in [0.15, 0.2) is 0 Å². The van der Waals surface area contributed by atoms with E-state index in [0.717, 1.165) is 17.3 Å². The summed E-state index contributed by atoms with van der Waals surface area (Å²) in [5, 5.41) is 3.13. The molecular formula is C17H28N2O. The number of hydrogen-bond acceptors (Lipinski definition) is 3. The molecule has 0 saturated heterocycles. The van der Waals surface area contributed by atoms with Crippen molar-refractivity contribution < 1.29 is 4.74 Å². The van der Waals surface area contributed by atoms with Gasteiger partial charge in [-0.2, -0.15) is 0 Å². The first-order valence-electron chi connectivity index (χ1n) is 7.85. The van der Waals surface area contributed by atoms with Gasteiger partial charge in [-0.1, -0.05) is 33.3 Å². The van der Waals surface area contributed by atoms with Gasteiger partial charge in [-0.15, -0.1) is 0 Å². The third-order valence-corrected chi connectivity index (χ3v) is 4.54. The zero-order valence-corrected chi connectivity index (χ0v) is 13.2. The Morgan fingerprint density at radius 3 is 2.90 bits per heavy atom. The Labute approximate surface area is 123 Å². The van der Waals surface area contributed by atoms with E-state index < -0.39 is 0 Å². The summed E-state index contributed by atoms with van der Waals surface area (Å²) in [6.07, 6.45) is 6.04. The second-order valence-corrected chi connectivity index (χ2v) is 6.44. The van der Waals surface area contributed by atoms with E-state index in [9.17, 15) is 0 Å². The van der Waals surface area contributed by atoms with Crippen molar-refractivity contribution in [3.05, 3.63) is 23.9 Å². The van der Waals surface area contributed by atoms with Gasteiger partial charge in [0.2, 0.25) is 0 Å². The van der Waals surface area contributed by atoms with Crippen molar-refractivity contribution in [3.63, 3.8) is 0 Å². The van der Waals surface area contributed by atoms with Crippen molar-refractivity contribution >= 4 is 5.82 Å². The molecule has 112 valence electrons. The quantitative estimate of drug-likeness (QED) is 0.879. The highest BCUT2D eigenvalue weighted by atomic mass is 16.5. The average Bonchev–Trinajstić information content (AvgIpc) is 2.45. The van der Waals surface area contributed by atoms with Crippen molar-refractivity contribution in [1.82, 2.24) is 4.98 Å². The van der Waals surface area contributed by atoms with E-state index in [4.69, 9.17) is 4.74 Å². The van der Waals surface area contributed by atoms with E-state index in [1.165, 1.54) is 19.3 Å². The molecular weight excluding hydrogens is 248 g/mol. The highest BCUT2D eigenvalue weighted by Crippen LogP contribution is 2.35. The number of pyridine rings is 1. The molecule has 1 saturated carbocycles. The summed E-state index contributed by atoms with van der Waals surface area (Å²) in [6.45, 7) is 7.64. The molecule has 20 heavy (non-hydrogen) atoms. The molecule has 3 unspecified atom stereocenters. The topological polar surface area (TPSA) is 34.2 Å². The average molecular weight is 276 g/mol. The smallest absolute Gasteiger partial charge is 0.131 e. The first-order valence-corrected chi connectivity index (χ1v) is 7.85. The number of hydrogen-bond donors (Lipinski definition) is 1. The summed E-state index contributed by atoms with van der Waals surface area (Å²) in [4.78, 5) is 4.34. The van der Waals surface area contributed by atoms with Gasteiger partial charge in [0, 0.05) is 18.8 Å². The van der Waals surface area contributed by atoms with Crippen molar-refractivity contribution in [1.29, 1.82) is 0 Å². The lowest BCUT2D eigenvalue weighted by Crippen LogP contribution is -2.34. The summed E-state index contributed by atoms with van der Waals surface area (Å²) in [5.41, 5.74) is 1.15. The van der Waals surface area contributed by atoms with Crippen molar-refractivity contribution in [2.75, 3.05) is 12.4 Å². The van der Waals surface area contributed by atoms with Crippen LogP contribution in [0.5, 0.6) is 0 Å². The van der Waals surface area contributed by atoms with E-state index in [-0.39, 0.29) is 0 Å². The van der Waals surface area contributed by atoms with Crippen LogP contribution in [0.2, 0.25) is 0 Å². The molecule has 3 heteroatoms. The lowest BCUT2D eigenvalue weighted by atomic mass is 9.75. The van der Waals surface area contributed by atoms with Crippen LogP contribution in [-0.2, 0) is 11.3 Å². The van der Waals surface area contributed by atoms with E-state index in [0.29, 0.717) is 24.5 Å². The Morgan fingerprint density at radius 2 is 2.20 bits per heavy atom. The molecule has 0 aliphatic heterocycles. The van der Waals surface area contributed by atoms with E-state index in [1.54, 1.807) is 0 Å².